The molecule has 0 aliphatic heterocycles. The van der Waals surface area contributed by atoms with Crippen molar-refractivity contribution >= 4 is 17.3 Å². The quantitative estimate of drug-likeness (QED) is 0.786. The highest BCUT2D eigenvalue weighted by molar-refractivity contribution is 5.95. The summed E-state index contributed by atoms with van der Waals surface area (Å²) in [6.07, 6.45) is 3.82. The van der Waals surface area contributed by atoms with Gasteiger partial charge in [-0.2, -0.15) is 0 Å². The second kappa shape index (κ2) is 6.70. The van der Waals surface area contributed by atoms with E-state index < -0.39 is 5.82 Å². The van der Waals surface area contributed by atoms with Gasteiger partial charge in [0.25, 0.3) is 0 Å². The Morgan fingerprint density at radius 3 is 2.85 bits per heavy atom. The second-order valence-electron chi connectivity index (χ2n) is 5.40. The monoisotopic (exact) mass is 279 g/mol. The first-order chi connectivity index (χ1) is 9.58. The molecule has 0 heterocycles. The number of rotatable bonds is 6. The lowest BCUT2D eigenvalue weighted by Crippen LogP contribution is -2.38. The van der Waals surface area contributed by atoms with Gasteiger partial charge in [-0.15, -0.1) is 0 Å². The molecule has 110 valence electrons. The maximum atomic E-state index is 13.1. The first-order valence-electron chi connectivity index (χ1n) is 7.15. The van der Waals surface area contributed by atoms with Crippen LogP contribution in [0.1, 0.15) is 26.2 Å². The first-order valence-corrected chi connectivity index (χ1v) is 7.15. The first kappa shape index (κ1) is 14.8. The fourth-order valence-corrected chi connectivity index (χ4v) is 2.38. The normalized spacial score (nSPS) is 15.2. The lowest BCUT2D eigenvalue weighted by molar-refractivity contribution is -0.117. The van der Waals surface area contributed by atoms with Crippen LogP contribution in [0.4, 0.5) is 15.8 Å². The van der Waals surface area contributed by atoms with Gasteiger partial charge in [0.2, 0.25) is 5.91 Å². The zero-order valence-electron chi connectivity index (χ0n) is 11.9. The largest absolute Gasteiger partial charge is 0.397 e. The fraction of sp³-hybridized carbons (Fsp3) is 0.533. The number of hydrogen-bond donors (Lipinski definition) is 2. The predicted molar refractivity (Wildman–Crippen MR) is 78.9 cm³/mol. The number of halogens is 1. The molecule has 0 spiro atoms. The summed E-state index contributed by atoms with van der Waals surface area (Å²) in [5.74, 6) is 0.168. The van der Waals surface area contributed by atoms with Gasteiger partial charge in [-0.05, 0) is 43.5 Å². The van der Waals surface area contributed by atoms with Crippen molar-refractivity contribution in [1.29, 1.82) is 0 Å². The van der Waals surface area contributed by atoms with Crippen LogP contribution in [0.15, 0.2) is 18.2 Å². The van der Waals surface area contributed by atoms with Gasteiger partial charge in [-0.25, -0.2) is 4.39 Å². The third-order valence-corrected chi connectivity index (χ3v) is 3.84. The van der Waals surface area contributed by atoms with Crippen LogP contribution < -0.4 is 11.1 Å². The van der Waals surface area contributed by atoms with Gasteiger partial charge in [-0.3, -0.25) is 9.69 Å². The lowest BCUT2D eigenvalue weighted by atomic mass is 9.85. The number of anilines is 2. The fourth-order valence-electron chi connectivity index (χ4n) is 2.38. The second-order valence-corrected chi connectivity index (χ2v) is 5.40. The van der Waals surface area contributed by atoms with Crippen LogP contribution in [0.2, 0.25) is 0 Å². The Morgan fingerprint density at radius 2 is 2.25 bits per heavy atom. The number of nitrogen functional groups attached to an aromatic ring is 1. The maximum absolute atomic E-state index is 13.1. The van der Waals surface area contributed by atoms with Gasteiger partial charge in [0.05, 0.1) is 17.9 Å². The molecule has 1 aliphatic rings. The molecule has 4 nitrogen and oxygen atoms in total. The molecule has 0 aromatic heterocycles. The summed E-state index contributed by atoms with van der Waals surface area (Å²) in [5.41, 5.74) is 6.44. The molecule has 0 unspecified atom stereocenters. The molecule has 1 amide bonds. The molecule has 0 bridgehead atoms. The summed E-state index contributed by atoms with van der Waals surface area (Å²) in [6.45, 7) is 4.16. The van der Waals surface area contributed by atoms with Gasteiger partial charge in [0.15, 0.2) is 0 Å². The highest BCUT2D eigenvalue weighted by atomic mass is 19.1. The van der Waals surface area contributed by atoms with E-state index in [0.29, 0.717) is 17.9 Å². The average Bonchev–Trinajstić information content (AvgIpc) is 2.36. The molecular formula is C15H22FN3O. The number of nitrogens with zero attached hydrogens (tertiary/aromatic N) is 1. The van der Waals surface area contributed by atoms with Crippen LogP contribution in [0.3, 0.4) is 0 Å². The van der Waals surface area contributed by atoms with E-state index in [1.807, 2.05) is 6.92 Å². The number of likely N-dealkylation sites (N-methyl/N-ethyl adjacent to an activating group) is 1. The topological polar surface area (TPSA) is 58.4 Å². The zero-order valence-corrected chi connectivity index (χ0v) is 11.9. The summed E-state index contributed by atoms with van der Waals surface area (Å²) in [4.78, 5) is 14.1. The number of carbonyl (C=O) groups excluding carboxylic acids is 1. The highest BCUT2D eigenvalue weighted by Gasteiger charge is 2.21. The minimum Gasteiger partial charge on any atom is -0.397 e. The molecule has 1 aromatic rings. The number of nitrogens with two attached hydrogens (primary N) is 1. The van der Waals surface area contributed by atoms with Crippen LogP contribution >= 0.6 is 0 Å². The molecule has 0 radical (unpaired) electrons. The van der Waals surface area contributed by atoms with Crippen LogP contribution in [0.25, 0.3) is 0 Å². The van der Waals surface area contributed by atoms with E-state index in [9.17, 15) is 9.18 Å². The minimum absolute atomic E-state index is 0.150. The number of nitrogens with one attached hydrogen (secondary N) is 1. The van der Waals surface area contributed by atoms with Crippen molar-refractivity contribution in [3.8, 4) is 0 Å². The third kappa shape index (κ3) is 3.93. The van der Waals surface area contributed by atoms with Crippen LogP contribution in [0, 0.1) is 11.7 Å². The van der Waals surface area contributed by atoms with E-state index in [2.05, 4.69) is 10.2 Å². The minimum atomic E-state index is -0.406. The van der Waals surface area contributed by atoms with E-state index in [1.54, 1.807) is 0 Å². The summed E-state index contributed by atoms with van der Waals surface area (Å²) in [5, 5.41) is 2.68. The summed E-state index contributed by atoms with van der Waals surface area (Å²) in [6, 6.07) is 3.98. The van der Waals surface area contributed by atoms with Gasteiger partial charge >= 0.3 is 0 Å². The Morgan fingerprint density at radius 1 is 1.50 bits per heavy atom. The van der Waals surface area contributed by atoms with E-state index in [1.165, 1.54) is 37.5 Å². The van der Waals surface area contributed by atoms with Crippen molar-refractivity contribution in [3.63, 3.8) is 0 Å². The van der Waals surface area contributed by atoms with Crippen molar-refractivity contribution in [3.05, 3.63) is 24.0 Å². The molecule has 0 atom stereocenters. The third-order valence-electron chi connectivity index (χ3n) is 3.84. The smallest absolute Gasteiger partial charge is 0.238 e. The zero-order chi connectivity index (χ0) is 14.5. The molecule has 2 rings (SSSR count). The van der Waals surface area contributed by atoms with E-state index in [-0.39, 0.29) is 5.91 Å². The van der Waals surface area contributed by atoms with Crippen molar-refractivity contribution in [2.24, 2.45) is 5.92 Å². The van der Waals surface area contributed by atoms with E-state index >= 15 is 0 Å². The average molecular weight is 279 g/mol. The Bertz CT molecular complexity index is 474. The molecule has 1 aromatic carbocycles. The molecule has 1 saturated carbocycles. The Hall–Kier alpha value is -1.62. The summed E-state index contributed by atoms with van der Waals surface area (Å²) in [7, 11) is 0. The summed E-state index contributed by atoms with van der Waals surface area (Å²) < 4.78 is 13.1. The molecule has 3 N–H and O–H groups in total. The van der Waals surface area contributed by atoms with Gasteiger partial charge in [0, 0.05) is 6.54 Å². The Labute approximate surface area is 119 Å². The molecule has 20 heavy (non-hydrogen) atoms. The molecule has 1 aliphatic carbocycles. The van der Waals surface area contributed by atoms with E-state index in [4.69, 9.17) is 5.73 Å². The highest BCUT2D eigenvalue weighted by Crippen LogP contribution is 2.27. The Balaban J connectivity index is 1.88. The number of carbonyl (C=O) groups is 1. The Kier molecular flexibility index (Phi) is 4.95. The van der Waals surface area contributed by atoms with E-state index in [0.717, 1.165) is 19.0 Å². The number of amides is 1. The van der Waals surface area contributed by atoms with Crippen LogP contribution in [-0.2, 0) is 4.79 Å². The molecular weight excluding hydrogens is 257 g/mol. The SMILES string of the molecule is CCN(CC(=O)Nc1cc(F)ccc1N)CC1CCC1. The molecule has 1 fully saturated rings. The van der Waals surface area contributed by atoms with Crippen LogP contribution in [0.5, 0.6) is 0 Å². The standard InChI is InChI=1S/C15H22FN3O/c1-2-19(9-11-4-3-5-11)10-15(20)18-14-8-12(16)6-7-13(14)17/h6-8,11H,2-5,9-10,17H2,1H3,(H,18,20). The van der Waals surface area contributed by atoms with Gasteiger partial charge < -0.3 is 11.1 Å². The van der Waals surface area contributed by atoms with Gasteiger partial charge in [0.1, 0.15) is 5.82 Å². The number of hydrogen-bond acceptors (Lipinski definition) is 3. The number of benzene rings is 1. The summed E-state index contributed by atoms with van der Waals surface area (Å²) >= 11 is 0. The lowest BCUT2D eigenvalue weighted by Gasteiger charge is -2.31. The maximum Gasteiger partial charge on any atom is 0.238 e. The van der Waals surface area contributed by atoms with Crippen molar-refractivity contribution < 1.29 is 9.18 Å². The van der Waals surface area contributed by atoms with Crippen molar-refractivity contribution in [1.82, 2.24) is 4.90 Å². The van der Waals surface area contributed by atoms with Gasteiger partial charge in [-0.1, -0.05) is 13.3 Å². The predicted octanol–water partition coefficient (Wildman–Crippen LogP) is 2.47. The van der Waals surface area contributed by atoms with Crippen molar-refractivity contribution in [2.45, 2.75) is 26.2 Å². The van der Waals surface area contributed by atoms with Crippen LogP contribution in [-0.4, -0.2) is 30.4 Å². The van der Waals surface area contributed by atoms with Crippen molar-refractivity contribution in [2.75, 3.05) is 30.7 Å². The molecule has 5 heteroatoms. The molecule has 0 saturated heterocycles.